The zero-order chi connectivity index (χ0) is 11.7. The van der Waals surface area contributed by atoms with Gasteiger partial charge in [0.1, 0.15) is 10.6 Å². The van der Waals surface area contributed by atoms with Crippen LogP contribution in [0.3, 0.4) is 0 Å². The van der Waals surface area contributed by atoms with Crippen LogP contribution in [0, 0.1) is 5.92 Å². The summed E-state index contributed by atoms with van der Waals surface area (Å²) >= 11 is 3.33. The summed E-state index contributed by atoms with van der Waals surface area (Å²) in [7, 11) is 2.20. The van der Waals surface area contributed by atoms with Gasteiger partial charge in [-0.2, -0.15) is 8.75 Å². The Morgan fingerprint density at radius 2 is 2.47 bits per heavy atom. The van der Waals surface area contributed by atoms with E-state index < -0.39 is 0 Å². The van der Waals surface area contributed by atoms with Crippen molar-refractivity contribution in [1.29, 1.82) is 0 Å². The molecule has 0 amide bonds. The van der Waals surface area contributed by atoms with E-state index >= 15 is 0 Å². The van der Waals surface area contributed by atoms with E-state index in [9.17, 15) is 0 Å². The fourth-order valence-corrected chi connectivity index (χ4v) is 4.27. The Kier molecular flexibility index (Phi) is 3.23. The van der Waals surface area contributed by atoms with E-state index in [0.29, 0.717) is 0 Å². The zero-order valence-corrected chi connectivity index (χ0v) is 11.6. The lowest BCUT2D eigenvalue weighted by Gasteiger charge is -2.40. The molecule has 1 aliphatic carbocycles. The number of hydrogen-bond donors (Lipinski definition) is 0. The molecule has 0 bridgehead atoms. The van der Waals surface area contributed by atoms with E-state index in [1.807, 2.05) is 18.0 Å². The molecule has 3 rings (SSSR count). The Labute approximate surface area is 111 Å². The third-order valence-electron chi connectivity index (χ3n) is 3.51. The number of thioether (sulfide) groups is 1. The van der Waals surface area contributed by atoms with Crippen LogP contribution in [0.5, 0.6) is 0 Å². The molecular weight excluding hydrogens is 250 g/mol. The highest BCUT2D eigenvalue weighted by Crippen LogP contribution is 2.45. The molecule has 1 aromatic rings. The molecule has 2 aliphatic rings. The third kappa shape index (κ3) is 2.28. The smallest absolute Gasteiger partial charge is 0.131 e. The summed E-state index contributed by atoms with van der Waals surface area (Å²) in [5.41, 5.74) is 1.10. The predicted molar refractivity (Wildman–Crippen MR) is 73.2 cm³/mol. The summed E-state index contributed by atoms with van der Waals surface area (Å²) in [6.07, 6.45) is 10.5. The molecule has 1 aromatic heterocycles. The fourth-order valence-electron chi connectivity index (χ4n) is 2.17. The van der Waals surface area contributed by atoms with Crippen molar-refractivity contribution in [3.05, 3.63) is 24.0 Å². The van der Waals surface area contributed by atoms with Gasteiger partial charge in [-0.05, 0) is 38.0 Å². The van der Waals surface area contributed by atoms with Crippen LogP contribution in [0.15, 0.2) is 18.3 Å². The molecule has 1 fully saturated rings. The van der Waals surface area contributed by atoms with Crippen molar-refractivity contribution < 1.29 is 0 Å². The molecule has 17 heavy (non-hydrogen) atoms. The van der Waals surface area contributed by atoms with Gasteiger partial charge in [-0.15, -0.1) is 11.8 Å². The fraction of sp³-hybridized carbons (Fsp3) is 0.667. The zero-order valence-electron chi connectivity index (χ0n) is 10.0. The van der Waals surface area contributed by atoms with Crippen molar-refractivity contribution in [3.8, 4) is 0 Å². The second kappa shape index (κ2) is 4.71. The van der Waals surface area contributed by atoms with E-state index in [4.69, 9.17) is 0 Å². The Hall–Kier alpha value is -0.390. The average Bonchev–Trinajstić information content (AvgIpc) is 3.01. The first kappa shape index (κ1) is 11.7. The standard InChI is InChI=1S/C12H17N3S2/c1-15-7-3-2-6-12(15,11-8-13-17-14-11)16-9-10-4-5-10/h2,6,8,10H,3-5,7,9H2,1H3. The lowest BCUT2D eigenvalue weighted by atomic mass is 10.1. The molecule has 1 saturated carbocycles. The first-order chi connectivity index (χ1) is 8.31. The minimum Gasteiger partial charge on any atom is -0.283 e. The van der Waals surface area contributed by atoms with Crippen molar-refractivity contribution >= 4 is 23.5 Å². The minimum atomic E-state index is -0.0617. The molecule has 0 radical (unpaired) electrons. The molecule has 92 valence electrons. The highest BCUT2D eigenvalue weighted by Gasteiger charge is 2.39. The van der Waals surface area contributed by atoms with Gasteiger partial charge in [0.25, 0.3) is 0 Å². The number of nitrogens with zero attached hydrogens (tertiary/aromatic N) is 3. The lowest BCUT2D eigenvalue weighted by Crippen LogP contribution is -2.42. The topological polar surface area (TPSA) is 29.0 Å². The van der Waals surface area contributed by atoms with Gasteiger partial charge < -0.3 is 0 Å². The summed E-state index contributed by atoms with van der Waals surface area (Å²) in [6, 6.07) is 0. The van der Waals surface area contributed by atoms with E-state index in [-0.39, 0.29) is 4.87 Å². The molecule has 3 nitrogen and oxygen atoms in total. The third-order valence-corrected chi connectivity index (χ3v) is 5.72. The average molecular weight is 267 g/mol. The number of hydrogen-bond acceptors (Lipinski definition) is 5. The van der Waals surface area contributed by atoms with Gasteiger partial charge in [0.2, 0.25) is 0 Å². The summed E-state index contributed by atoms with van der Waals surface area (Å²) in [4.78, 5) is 2.35. The highest BCUT2D eigenvalue weighted by atomic mass is 32.2. The number of likely N-dealkylation sites (N-methyl/N-ethyl adjacent to an activating group) is 1. The van der Waals surface area contributed by atoms with Gasteiger partial charge in [0.05, 0.1) is 17.9 Å². The molecular formula is C12H17N3S2. The van der Waals surface area contributed by atoms with Gasteiger partial charge in [0.15, 0.2) is 0 Å². The molecule has 2 heterocycles. The molecule has 0 saturated heterocycles. The van der Waals surface area contributed by atoms with Crippen LogP contribution >= 0.6 is 23.5 Å². The molecule has 0 aromatic carbocycles. The van der Waals surface area contributed by atoms with Gasteiger partial charge in [-0.1, -0.05) is 12.2 Å². The molecule has 1 unspecified atom stereocenters. The molecule has 1 atom stereocenters. The maximum absolute atomic E-state index is 4.48. The maximum atomic E-state index is 4.48. The van der Waals surface area contributed by atoms with Crippen LogP contribution in [0.2, 0.25) is 0 Å². The van der Waals surface area contributed by atoms with Crippen molar-refractivity contribution in [2.75, 3.05) is 19.3 Å². The Morgan fingerprint density at radius 1 is 1.59 bits per heavy atom. The minimum absolute atomic E-state index is 0.0617. The van der Waals surface area contributed by atoms with E-state index in [2.05, 4.69) is 32.8 Å². The van der Waals surface area contributed by atoms with Gasteiger partial charge in [0, 0.05) is 6.54 Å². The summed E-state index contributed by atoms with van der Waals surface area (Å²) in [6.45, 7) is 1.10. The van der Waals surface area contributed by atoms with Crippen molar-refractivity contribution in [2.24, 2.45) is 5.92 Å². The van der Waals surface area contributed by atoms with Crippen LogP contribution in [-0.2, 0) is 4.87 Å². The first-order valence-electron chi connectivity index (χ1n) is 6.12. The van der Waals surface area contributed by atoms with Gasteiger partial charge in [-0.25, -0.2) is 0 Å². The van der Waals surface area contributed by atoms with Crippen LogP contribution in [-0.4, -0.2) is 33.0 Å². The summed E-state index contributed by atoms with van der Waals surface area (Å²) in [5, 5.41) is 0. The summed E-state index contributed by atoms with van der Waals surface area (Å²) < 4.78 is 8.65. The molecule has 1 aliphatic heterocycles. The number of aromatic nitrogens is 2. The van der Waals surface area contributed by atoms with Crippen LogP contribution < -0.4 is 0 Å². The monoisotopic (exact) mass is 267 g/mol. The van der Waals surface area contributed by atoms with Crippen LogP contribution in [0.25, 0.3) is 0 Å². The second-order valence-electron chi connectivity index (χ2n) is 4.86. The Morgan fingerprint density at radius 3 is 3.12 bits per heavy atom. The van der Waals surface area contributed by atoms with Gasteiger partial charge >= 0.3 is 0 Å². The SMILES string of the molecule is CN1CCC=CC1(SCC1CC1)c1cnsn1. The largest absolute Gasteiger partial charge is 0.283 e. The normalized spacial score (nSPS) is 29.7. The van der Waals surface area contributed by atoms with Crippen molar-refractivity contribution in [3.63, 3.8) is 0 Å². The Bertz CT molecular complexity index is 400. The van der Waals surface area contributed by atoms with Crippen molar-refractivity contribution in [2.45, 2.75) is 24.1 Å². The first-order valence-corrected chi connectivity index (χ1v) is 7.84. The lowest BCUT2D eigenvalue weighted by molar-refractivity contribution is 0.244. The molecule has 0 N–H and O–H groups in total. The predicted octanol–water partition coefficient (Wildman–Crippen LogP) is 2.73. The van der Waals surface area contributed by atoms with E-state index in [1.54, 1.807) is 0 Å². The second-order valence-corrected chi connectivity index (χ2v) is 6.66. The van der Waals surface area contributed by atoms with Gasteiger partial charge in [-0.3, -0.25) is 4.90 Å². The van der Waals surface area contributed by atoms with Crippen molar-refractivity contribution in [1.82, 2.24) is 13.6 Å². The van der Waals surface area contributed by atoms with E-state index in [0.717, 1.165) is 24.6 Å². The van der Waals surface area contributed by atoms with Crippen LogP contribution in [0.4, 0.5) is 0 Å². The molecule has 0 spiro atoms. The summed E-state index contributed by atoms with van der Waals surface area (Å²) in [5.74, 6) is 2.18. The van der Waals surface area contributed by atoms with E-state index in [1.165, 1.54) is 30.3 Å². The quantitative estimate of drug-likeness (QED) is 0.784. The highest BCUT2D eigenvalue weighted by molar-refractivity contribution is 8.00. The molecule has 5 heteroatoms. The van der Waals surface area contributed by atoms with Crippen LogP contribution in [0.1, 0.15) is 25.0 Å². The number of rotatable bonds is 4. The Balaban J connectivity index is 1.87. The maximum Gasteiger partial charge on any atom is 0.131 e.